The van der Waals surface area contributed by atoms with Crippen molar-refractivity contribution >= 4 is 16.8 Å². The van der Waals surface area contributed by atoms with Gasteiger partial charge in [0.2, 0.25) is 0 Å². The summed E-state index contributed by atoms with van der Waals surface area (Å²) in [5, 5.41) is 4.27. The number of hydrogen-bond acceptors (Lipinski definition) is 2. The number of H-pyrrole nitrogens is 1. The van der Waals surface area contributed by atoms with Crippen LogP contribution in [0.1, 0.15) is 48.7 Å². The van der Waals surface area contributed by atoms with Gasteiger partial charge < -0.3 is 15.2 Å². The van der Waals surface area contributed by atoms with Crippen molar-refractivity contribution in [2.45, 2.75) is 51.2 Å². The highest BCUT2D eigenvalue weighted by Gasteiger charge is 2.29. The van der Waals surface area contributed by atoms with E-state index in [-0.39, 0.29) is 23.6 Å². The zero-order valence-electron chi connectivity index (χ0n) is 17.1. The molecule has 30 heavy (non-hydrogen) atoms. The Bertz CT molecular complexity index is 1010. The maximum absolute atomic E-state index is 13.5. The molecule has 2 aromatic carbocycles. The van der Waals surface area contributed by atoms with Gasteiger partial charge in [-0.3, -0.25) is 4.79 Å². The third-order valence-corrected chi connectivity index (χ3v) is 6.01. The van der Waals surface area contributed by atoms with Crippen LogP contribution in [0.3, 0.4) is 0 Å². The minimum Gasteiger partial charge on any atom is -0.351 e. The molecule has 1 aliphatic carbocycles. The second-order valence-corrected chi connectivity index (χ2v) is 8.03. The summed E-state index contributed by atoms with van der Waals surface area (Å²) >= 11 is 0. The summed E-state index contributed by atoms with van der Waals surface area (Å²) in [6.45, 7) is 3.30. The highest BCUT2D eigenvalue weighted by Crippen LogP contribution is 2.26. The fraction of sp³-hybridized carbons (Fsp3) is 0.375. The van der Waals surface area contributed by atoms with Crippen LogP contribution in [0.25, 0.3) is 10.9 Å². The van der Waals surface area contributed by atoms with Crippen LogP contribution >= 0.6 is 0 Å². The molecular formula is C24H27F2N3O. The van der Waals surface area contributed by atoms with Crippen molar-refractivity contribution in [2.75, 3.05) is 6.54 Å². The van der Waals surface area contributed by atoms with Crippen LogP contribution in [0.5, 0.6) is 0 Å². The molecule has 0 aliphatic heterocycles. The largest absolute Gasteiger partial charge is 0.351 e. The number of aromatic nitrogens is 1. The number of carbonyl (C=O) groups is 1. The number of carbonyl (C=O) groups excluding carboxylic acids is 1. The van der Waals surface area contributed by atoms with E-state index >= 15 is 0 Å². The Hall–Kier alpha value is -2.73. The van der Waals surface area contributed by atoms with Gasteiger partial charge >= 0.3 is 0 Å². The van der Waals surface area contributed by atoms with Gasteiger partial charge in [0, 0.05) is 36.1 Å². The van der Waals surface area contributed by atoms with Crippen LogP contribution in [0.4, 0.5) is 8.78 Å². The summed E-state index contributed by atoms with van der Waals surface area (Å²) in [6, 6.07) is 13.2. The van der Waals surface area contributed by atoms with E-state index in [4.69, 9.17) is 0 Å². The summed E-state index contributed by atoms with van der Waals surface area (Å²) in [6.07, 6.45) is 3.97. The van der Waals surface area contributed by atoms with Gasteiger partial charge in [-0.2, -0.15) is 0 Å². The maximum atomic E-state index is 13.5. The first-order valence-electron chi connectivity index (χ1n) is 10.6. The van der Waals surface area contributed by atoms with Crippen LogP contribution in [0.15, 0.2) is 48.5 Å². The van der Waals surface area contributed by atoms with Crippen molar-refractivity contribution in [3.63, 3.8) is 0 Å². The standard InChI is InChI=1S/C24H27F2N3O/c1-2-29(24(30)23-13-17-12-19(26)10-11-22(17)28-23)21-5-3-4-20(14-21)27-15-16-6-8-18(25)9-7-16/h6-13,20-21,27-28H,2-5,14-15H2,1H3/t20-,21+/m1/s1. The van der Waals surface area contributed by atoms with Gasteiger partial charge in [-0.05, 0) is 74.6 Å². The second-order valence-electron chi connectivity index (χ2n) is 8.03. The molecule has 1 amide bonds. The van der Waals surface area contributed by atoms with Gasteiger partial charge in [-0.15, -0.1) is 0 Å². The van der Waals surface area contributed by atoms with E-state index in [0.29, 0.717) is 30.2 Å². The van der Waals surface area contributed by atoms with Crippen LogP contribution in [0, 0.1) is 11.6 Å². The molecule has 0 bridgehead atoms. The lowest BCUT2D eigenvalue weighted by molar-refractivity contribution is 0.0623. The van der Waals surface area contributed by atoms with E-state index in [1.54, 1.807) is 24.3 Å². The number of benzene rings is 2. The molecule has 0 saturated heterocycles. The molecule has 1 aliphatic rings. The zero-order chi connectivity index (χ0) is 21.1. The number of hydrogen-bond donors (Lipinski definition) is 2. The molecule has 0 radical (unpaired) electrons. The average Bonchev–Trinajstić information content (AvgIpc) is 3.17. The Kier molecular flexibility index (Phi) is 6.13. The molecule has 0 spiro atoms. The fourth-order valence-corrected chi connectivity index (χ4v) is 4.44. The van der Waals surface area contributed by atoms with Gasteiger partial charge in [0.05, 0.1) is 0 Å². The molecule has 6 heteroatoms. The number of halogens is 2. The first kappa shape index (κ1) is 20.5. The SMILES string of the molecule is CCN(C(=O)c1cc2cc(F)ccc2[nH]1)[C@H]1CCC[C@@H](NCc2ccc(F)cc2)C1. The van der Waals surface area contributed by atoms with E-state index in [9.17, 15) is 13.6 Å². The zero-order valence-corrected chi connectivity index (χ0v) is 17.1. The van der Waals surface area contributed by atoms with Gasteiger partial charge in [-0.25, -0.2) is 8.78 Å². The summed E-state index contributed by atoms with van der Waals surface area (Å²) in [4.78, 5) is 18.3. The van der Waals surface area contributed by atoms with Gasteiger partial charge in [-0.1, -0.05) is 12.1 Å². The van der Waals surface area contributed by atoms with Crippen molar-refractivity contribution in [1.82, 2.24) is 15.2 Å². The van der Waals surface area contributed by atoms with Crippen LogP contribution in [0.2, 0.25) is 0 Å². The van der Waals surface area contributed by atoms with Gasteiger partial charge in [0.15, 0.2) is 0 Å². The molecule has 2 N–H and O–H groups in total. The number of aromatic amines is 1. The summed E-state index contributed by atoms with van der Waals surface area (Å²) in [7, 11) is 0. The molecule has 158 valence electrons. The Morgan fingerprint density at radius 3 is 2.63 bits per heavy atom. The molecule has 1 fully saturated rings. The predicted molar refractivity (Wildman–Crippen MR) is 114 cm³/mol. The van der Waals surface area contributed by atoms with Crippen LogP contribution < -0.4 is 5.32 Å². The Balaban J connectivity index is 1.42. The van der Waals surface area contributed by atoms with E-state index in [1.807, 2.05) is 11.8 Å². The predicted octanol–water partition coefficient (Wildman–Crippen LogP) is 5.01. The van der Waals surface area contributed by atoms with Gasteiger partial charge in [0.1, 0.15) is 17.3 Å². The van der Waals surface area contributed by atoms with Crippen LogP contribution in [-0.4, -0.2) is 34.4 Å². The Morgan fingerprint density at radius 1 is 1.10 bits per heavy atom. The third-order valence-electron chi connectivity index (χ3n) is 6.01. The number of nitrogens with zero attached hydrogens (tertiary/aromatic N) is 1. The monoisotopic (exact) mass is 411 g/mol. The smallest absolute Gasteiger partial charge is 0.270 e. The minimum atomic E-state index is -0.310. The van der Waals surface area contributed by atoms with Crippen molar-refractivity contribution in [3.8, 4) is 0 Å². The number of fused-ring (bicyclic) bond motifs is 1. The molecule has 1 saturated carbocycles. The topological polar surface area (TPSA) is 48.1 Å². The molecule has 4 nitrogen and oxygen atoms in total. The lowest BCUT2D eigenvalue weighted by Crippen LogP contribution is -2.46. The molecule has 1 heterocycles. The highest BCUT2D eigenvalue weighted by atomic mass is 19.1. The highest BCUT2D eigenvalue weighted by molar-refractivity contribution is 5.98. The van der Waals surface area contributed by atoms with Crippen LogP contribution in [-0.2, 0) is 6.54 Å². The molecule has 2 atom stereocenters. The first-order valence-corrected chi connectivity index (χ1v) is 10.6. The van der Waals surface area contributed by atoms with Crippen molar-refractivity contribution in [3.05, 3.63) is 71.4 Å². The lowest BCUT2D eigenvalue weighted by Gasteiger charge is -2.37. The number of rotatable bonds is 6. The Labute approximate surface area is 175 Å². The average molecular weight is 411 g/mol. The molecule has 3 aromatic rings. The first-order chi connectivity index (χ1) is 14.5. The molecule has 1 aromatic heterocycles. The molecule has 4 rings (SSSR count). The minimum absolute atomic E-state index is 0.0432. The summed E-state index contributed by atoms with van der Waals surface area (Å²) < 4.78 is 26.6. The van der Waals surface area contributed by atoms with E-state index in [1.165, 1.54) is 24.3 Å². The lowest BCUT2D eigenvalue weighted by atomic mass is 9.89. The second kappa shape index (κ2) is 8.96. The van der Waals surface area contributed by atoms with E-state index in [0.717, 1.165) is 36.8 Å². The summed E-state index contributed by atoms with van der Waals surface area (Å²) in [5.41, 5.74) is 2.31. The van der Waals surface area contributed by atoms with Crippen molar-refractivity contribution in [2.24, 2.45) is 0 Å². The maximum Gasteiger partial charge on any atom is 0.270 e. The molecule has 0 unspecified atom stereocenters. The van der Waals surface area contributed by atoms with Gasteiger partial charge in [0.25, 0.3) is 5.91 Å². The number of nitrogens with one attached hydrogen (secondary N) is 2. The number of amides is 1. The normalized spacial score (nSPS) is 19.2. The Morgan fingerprint density at radius 2 is 1.87 bits per heavy atom. The van der Waals surface area contributed by atoms with Crippen molar-refractivity contribution in [1.29, 1.82) is 0 Å². The van der Waals surface area contributed by atoms with Crippen molar-refractivity contribution < 1.29 is 13.6 Å². The fourth-order valence-electron chi connectivity index (χ4n) is 4.44. The quantitative estimate of drug-likeness (QED) is 0.599. The third kappa shape index (κ3) is 4.54. The molecular weight excluding hydrogens is 384 g/mol. The van der Waals surface area contributed by atoms with E-state index in [2.05, 4.69) is 10.3 Å². The summed E-state index contributed by atoms with van der Waals surface area (Å²) in [5.74, 6) is -0.582. The van der Waals surface area contributed by atoms with E-state index < -0.39 is 0 Å².